The van der Waals surface area contributed by atoms with Crippen LogP contribution in [-0.4, -0.2) is 56.6 Å². The normalized spacial score (nSPS) is 19.4. The lowest BCUT2D eigenvalue weighted by molar-refractivity contribution is -0.139. The molecule has 0 radical (unpaired) electrons. The van der Waals surface area contributed by atoms with Gasteiger partial charge in [0.2, 0.25) is 11.9 Å². The van der Waals surface area contributed by atoms with Gasteiger partial charge in [-0.3, -0.25) is 4.79 Å². The maximum absolute atomic E-state index is 14.2. The second-order valence-corrected chi connectivity index (χ2v) is 8.36. The van der Waals surface area contributed by atoms with Gasteiger partial charge in [0.15, 0.2) is 23.0 Å². The number of methoxy groups -OCH3 is 1. The molecule has 1 aliphatic carbocycles. The Hall–Kier alpha value is -3.01. The van der Waals surface area contributed by atoms with Crippen molar-refractivity contribution in [2.75, 3.05) is 19.9 Å². The number of ether oxygens (including phenoxy) is 1. The van der Waals surface area contributed by atoms with Gasteiger partial charge in [-0.25, -0.2) is 14.4 Å². The minimum Gasteiger partial charge on any atom is -0.494 e. The van der Waals surface area contributed by atoms with Crippen molar-refractivity contribution >= 4 is 28.4 Å². The molecular formula is C21H28FN7O2. The second kappa shape index (κ2) is 8.26. The van der Waals surface area contributed by atoms with Gasteiger partial charge in [-0.2, -0.15) is 4.52 Å². The summed E-state index contributed by atoms with van der Waals surface area (Å²) >= 11 is 0. The standard InChI is InChI=1S/C21H28FN7O2/c1-11(28(2)20(30)12-7-13(23)8-12)5-4-6-18-26-19-14-9-15(22)17(31-3)10-16(14)25-21(24)29(19)27-18/h9-13H,4-8,23H2,1-3H3,(H2,24,25)/t11-,12?,13?/m0/s1. The number of carbonyl (C=O) groups excluding carboxylic acids is 1. The van der Waals surface area contributed by atoms with Gasteiger partial charge >= 0.3 is 0 Å². The molecular weight excluding hydrogens is 401 g/mol. The van der Waals surface area contributed by atoms with E-state index < -0.39 is 5.82 Å². The van der Waals surface area contributed by atoms with Gasteiger partial charge < -0.3 is 21.1 Å². The lowest BCUT2D eigenvalue weighted by Crippen LogP contribution is -2.47. The highest BCUT2D eigenvalue weighted by molar-refractivity contribution is 5.93. The number of aromatic nitrogens is 4. The van der Waals surface area contributed by atoms with E-state index in [2.05, 4.69) is 15.1 Å². The lowest BCUT2D eigenvalue weighted by Gasteiger charge is -2.36. The van der Waals surface area contributed by atoms with Crippen LogP contribution in [0.25, 0.3) is 16.6 Å². The number of nitrogens with two attached hydrogens (primary N) is 2. The first-order chi connectivity index (χ1) is 14.8. The Morgan fingerprint density at radius 2 is 2.13 bits per heavy atom. The van der Waals surface area contributed by atoms with Crippen LogP contribution in [0.1, 0.15) is 38.4 Å². The Kier molecular flexibility index (Phi) is 5.65. The van der Waals surface area contributed by atoms with E-state index in [0.717, 1.165) is 25.7 Å². The molecule has 0 spiro atoms. The fourth-order valence-electron chi connectivity index (χ4n) is 4.05. The van der Waals surface area contributed by atoms with Crippen molar-refractivity contribution in [3.63, 3.8) is 0 Å². The van der Waals surface area contributed by atoms with E-state index in [-0.39, 0.29) is 35.6 Å². The summed E-state index contributed by atoms with van der Waals surface area (Å²) in [6.07, 6.45) is 3.78. The van der Waals surface area contributed by atoms with Crippen molar-refractivity contribution in [2.45, 2.75) is 51.1 Å². The molecule has 0 bridgehead atoms. The Labute approximate surface area is 179 Å². The zero-order valence-electron chi connectivity index (χ0n) is 18.0. The van der Waals surface area contributed by atoms with Gasteiger partial charge in [-0.05, 0) is 38.7 Å². The zero-order valence-corrected chi connectivity index (χ0v) is 18.0. The number of fused-ring (bicyclic) bond motifs is 3. The SMILES string of the molecule is COc1cc2nc(N)n3nc(CCC[C@H](C)N(C)C(=O)C4CC(N)C4)nc3c2cc1F. The third-order valence-electron chi connectivity index (χ3n) is 6.17. The minimum absolute atomic E-state index is 0.0605. The molecule has 10 heteroatoms. The van der Waals surface area contributed by atoms with Gasteiger partial charge in [0, 0.05) is 42.9 Å². The molecule has 1 aromatic carbocycles. The lowest BCUT2D eigenvalue weighted by atomic mass is 9.80. The fraction of sp³-hybridized carbons (Fsp3) is 0.524. The smallest absolute Gasteiger partial charge is 0.225 e. The average Bonchev–Trinajstić information content (AvgIpc) is 3.15. The van der Waals surface area contributed by atoms with Crippen LogP contribution in [0.2, 0.25) is 0 Å². The Balaban J connectivity index is 1.45. The van der Waals surface area contributed by atoms with E-state index in [9.17, 15) is 9.18 Å². The first kappa shape index (κ1) is 21.2. The largest absolute Gasteiger partial charge is 0.494 e. The van der Waals surface area contributed by atoms with Gasteiger partial charge in [0.05, 0.1) is 12.6 Å². The molecule has 0 saturated heterocycles. The molecule has 0 unspecified atom stereocenters. The fourth-order valence-corrected chi connectivity index (χ4v) is 4.05. The summed E-state index contributed by atoms with van der Waals surface area (Å²) in [6.45, 7) is 2.04. The van der Waals surface area contributed by atoms with Gasteiger partial charge in [-0.1, -0.05) is 0 Å². The number of anilines is 1. The van der Waals surface area contributed by atoms with E-state index in [0.29, 0.717) is 28.8 Å². The summed E-state index contributed by atoms with van der Waals surface area (Å²) in [5, 5.41) is 4.96. The molecule has 3 aromatic rings. The first-order valence-electron chi connectivity index (χ1n) is 10.5. The number of nitrogen functional groups attached to an aromatic ring is 1. The summed E-state index contributed by atoms with van der Waals surface area (Å²) in [5.41, 5.74) is 12.8. The van der Waals surface area contributed by atoms with E-state index >= 15 is 0 Å². The number of amides is 1. The van der Waals surface area contributed by atoms with E-state index in [1.807, 2.05) is 18.9 Å². The molecule has 2 aromatic heterocycles. The first-order valence-corrected chi connectivity index (χ1v) is 10.5. The molecule has 9 nitrogen and oxygen atoms in total. The van der Waals surface area contributed by atoms with Crippen molar-refractivity contribution in [3.8, 4) is 5.75 Å². The summed E-state index contributed by atoms with van der Waals surface area (Å²) in [4.78, 5) is 23.2. The van der Waals surface area contributed by atoms with Crippen molar-refractivity contribution in [2.24, 2.45) is 11.7 Å². The molecule has 0 aliphatic heterocycles. The molecule has 2 heterocycles. The maximum Gasteiger partial charge on any atom is 0.225 e. The molecule has 4 rings (SSSR count). The number of benzene rings is 1. The van der Waals surface area contributed by atoms with E-state index in [1.54, 1.807) is 0 Å². The van der Waals surface area contributed by atoms with Crippen molar-refractivity contribution in [1.82, 2.24) is 24.5 Å². The molecule has 4 N–H and O–H groups in total. The van der Waals surface area contributed by atoms with Crippen LogP contribution in [0.15, 0.2) is 12.1 Å². The monoisotopic (exact) mass is 429 g/mol. The number of hydrogen-bond acceptors (Lipinski definition) is 7. The minimum atomic E-state index is -0.498. The number of aryl methyl sites for hydroxylation is 1. The summed E-state index contributed by atoms with van der Waals surface area (Å²) in [7, 11) is 3.25. The molecule has 1 aliphatic rings. The van der Waals surface area contributed by atoms with Crippen molar-refractivity contribution in [3.05, 3.63) is 23.8 Å². The number of halogens is 1. The highest BCUT2D eigenvalue weighted by Gasteiger charge is 2.34. The molecule has 1 atom stereocenters. The summed E-state index contributed by atoms with van der Waals surface area (Å²) in [5.74, 6) is 0.603. The third-order valence-corrected chi connectivity index (χ3v) is 6.17. The van der Waals surface area contributed by atoms with Crippen LogP contribution in [0.4, 0.5) is 10.3 Å². The van der Waals surface area contributed by atoms with Crippen LogP contribution >= 0.6 is 0 Å². The van der Waals surface area contributed by atoms with E-state index in [4.69, 9.17) is 16.2 Å². The summed E-state index contributed by atoms with van der Waals surface area (Å²) < 4.78 is 20.7. The summed E-state index contributed by atoms with van der Waals surface area (Å²) in [6, 6.07) is 3.10. The van der Waals surface area contributed by atoms with Crippen molar-refractivity contribution in [1.29, 1.82) is 0 Å². The van der Waals surface area contributed by atoms with Crippen LogP contribution in [0.3, 0.4) is 0 Å². The van der Waals surface area contributed by atoms with Gasteiger partial charge in [0.25, 0.3) is 0 Å². The Morgan fingerprint density at radius 1 is 1.39 bits per heavy atom. The highest BCUT2D eigenvalue weighted by atomic mass is 19.1. The number of hydrogen-bond donors (Lipinski definition) is 2. The average molecular weight is 430 g/mol. The molecule has 166 valence electrons. The quantitative estimate of drug-likeness (QED) is 0.588. The molecule has 1 amide bonds. The molecule has 1 fully saturated rings. The Bertz CT molecular complexity index is 1130. The van der Waals surface area contributed by atoms with Crippen LogP contribution in [-0.2, 0) is 11.2 Å². The number of nitrogens with zero attached hydrogens (tertiary/aromatic N) is 5. The van der Waals surface area contributed by atoms with Crippen LogP contribution in [0, 0.1) is 11.7 Å². The second-order valence-electron chi connectivity index (χ2n) is 8.36. The maximum atomic E-state index is 14.2. The van der Waals surface area contributed by atoms with Gasteiger partial charge in [-0.15, -0.1) is 5.10 Å². The third kappa shape index (κ3) is 3.99. The molecule has 1 saturated carbocycles. The zero-order chi connectivity index (χ0) is 22.3. The predicted octanol–water partition coefficient (Wildman–Crippen LogP) is 1.91. The topological polar surface area (TPSA) is 125 Å². The number of rotatable bonds is 7. The number of carbonyl (C=O) groups is 1. The van der Waals surface area contributed by atoms with Gasteiger partial charge in [0.1, 0.15) is 0 Å². The van der Waals surface area contributed by atoms with Crippen LogP contribution < -0.4 is 16.2 Å². The highest BCUT2D eigenvalue weighted by Crippen LogP contribution is 2.29. The predicted molar refractivity (Wildman–Crippen MR) is 115 cm³/mol. The Morgan fingerprint density at radius 3 is 2.81 bits per heavy atom. The molecule has 31 heavy (non-hydrogen) atoms. The van der Waals surface area contributed by atoms with Crippen LogP contribution in [0.5, 0.6) is 5.75 Å². The van der Waals surface area contributed by atoms with Crippen molar-refractivity contribution < 1.29 is 13.9 Å². The van der Waals surface area contributed by atoms with E-state index in [1.165, 1.54) is 23.8 Å².